The summed E-state index contributed by atoms with van der Waals surface area (Å²) in [6.45, 7) is 0.368. The Morgan fingerprint density at radius 2 is 1.80 bits per heavy atom. The Hall–Kier alpha value is -2.99. The third-order valence-electron chi connectivity index (χ3n) is 3.98. The molecule has 0 aliphatic heterocycles. The van der Waals surface area contributed by atoms with E-state index in [1.807, 2.05) is 19.0 Å². The Morgan fingerprint density at radius 1 is 1.12 bits per heavy atom. The zero-order valence-corrected chi connectivity index (χ0v) is 14.2. The van der Waals surface area contributed by atoms with Crippen LogP contribution in [0.3, 0.4) is 0 Å². The highest BCUT2D eigenvalue weighted by Gasteiger charge is 2.19. The van der Waals surface area contributed by atoms with Crippen molar-refractivity contribution < 1.29 is 19.4 Å². The quantitative estimate of drug-likeness (QED) is 0.759. The van der Waals surface area contributed by atoms with Crippen molar-refractivity contribution in [2.75, 3.05) is 21.2 Å². The van der Waals surface area contributed by atoms with Crippen LogP contribution < -0.4 is 10.2 Å². The van der Waals surface area contributed by atoms with Crippen LogP contribution in [0.2, 0.25) is 0 Å². The average Bonchev–Trinajstić information content (AvgIpc) is 2.58. The second-order valence-corrected chi connectivity index (χ2v) is 6.04. The first-order valence-electron chi connectivity index (χ1n) is 7.71. The third kappa shape index (κ3) is 3.04. The molecule has 25 heavy (non-hydrogen) atoms. The predicted octanol–water partition coefficient (Wildman–Crippen LogP) is 2.94. The van der Waals surface area contributed by atoms with Gasteiger partial charge in [0.05, 0.1) is 18.2 Å². The Balaban J connectivity index is 2.24. The molecule has 0 amide bonds. The number of methoxy groups -OCH3 is 1. The van der Waals surface area contributed by atoms with Crippen LogP contribution in [-0.4, -0.2) is 36.3 Å². The lowest BCUT2D eigenvalue weighted by molar-refractivity contribution is 0.382. The normalized spacial score (nSPS) is 11.2. The molecule has 0 fully saturated rings. The van der Waals surface area contributed by atoms with E-state index in [0.717, 1.165) is 0 Å². The van der Waals surface area contributed by atoms with Crippen molar-refractivity contribution in [1.29, 1.82) is 0 Å². The molecular formula is C19H19NO5. The molecule has 0 saturated carbocycles. The minimum absolute atomic E-state index is 0.0583. The van der Waals surface area contributed by atoms with Gasteiger partial charge in [-0.1, -0.05) is 12.1 Å². The van der Waals surface area contributed by atoms with E-state index in [4.69, 9.17) is 9.15 Å². The molecular weight excluding hydrogens is 322 g/mol. The van der Waals surface area contributed by atoms with E-state index in [1.54, 1.807) is 31.4 Å². The number of rotatable bonds is 4. The van der Waals surface area contributed by atoms with Crippen LogP contribution in [-0.2, 0) is 6.54 Å². The van der Waals surface area contributed by atoms with Gasteiger partial charge in [-0.2, -0.15) is 0 Å². The summed E-state index contributed by atoms with van der Waals surface area (Å²) in [4.78, 5) is 14.7. The van der Waals surface area contributed by atoms with Crippen LogP contribution in [0.4, 0.5) is 0 Å². The standard InChI is InChI=1S/C19H19NO5/c1-20(2)9-13-15(21)8-16(22)17-18(23)14(10-25-19(13)17)11-4-6-12(24-3)7-5-11/h4-8,10,21-22H,9H2,1-3H3. The maximum Gasteiger partial charge on any atom is 0.204 e. The van der Waals surface area contributed by atoms with E-state index in [2.05, 4.69) is 0 Å². The number of phenols is 2. The van der Waals surface area contributed by atoms with Gasteiger partial charge in [-0.05, 0) is 31.8 Å². The van der Waals surface area contributed by atoms with Gasteiger partial charge in [0.1, 0.15) is 34.5 Å². The largest absolute Gasteiger partial charge is 0.507 e. The third-order valence-corrected chi connectivity index (χ3v) is 3.98. The molecule has 0 radical (unpaired) electrons. The Kier molecular flexibility index (Phi) is 4.37. The van der Waals surface area contributed by atoms with E-state index in [1.165, 1.54) is 12.3 Å². The van der Waals surface area contributed by atoms with Crippen molar-refractivity contribution in [1.82, 2.24) is 4.90 Å². The number of phenolic OH excluding ortho intramolecular Hbond substituents is 2. The maximum absolute atomic E-state index is 12.9. The fourth-order valence-electron chi connectivity index (χ4n) is 2.77. The average molecular weight is 341 g/mol. The van der Waals surface area contributed by atoms with Crippen molar-refractivity contribution >= 4 is 11.0 Å². The second kappa shape index (κ2) is 6.49. The van der Waals surface area contributed by atoms with Crippen LogP contribution in [0, 0.1) is 0 Å². The zero-order chi connectivity index (χ0) is 18.1. The second-order valence-electron chi connectivity index (χ2n) is 6.04. The fourth-order valence-corrected chi connectivity index (χ4v) is 2.77. The molecule has 2 aromatic carbocycles. The fraction of sp³-hybridized carbons (Fsp3) is 0.211. The van der Waals surface area contributed by atoms with E-state index in [-0.39, 0.29) is 27.9 Å². The Morgan fingerprint density at radius 3 is 2.40 bits per heavy atom. The number of fused-ring (bicyclic) bond motifs is 1. The number of aromatic hydroxyl groups is 2. The minimum Gasteiger partial charge on any atom is -0.507 e. The van der Waals surface area contributed by atoms with Crippen LogP contribution in [0.15, 0.2) is 45.8 Å². The number of nitrogens with zero attached hydrogens (tertiary/aromatic N) is 1. The van der Waals surface area contributed by atoms with Crippen LogP contribution in [0.25, 0.3) is 22.1 Å². The van der Waals surface area contributed by atoms with Gasteiger partial charge in [0.2, 0.25) is 5.43 Å². The summed E-state index contributed by atoms with van der Waals surface area (Å²) in [6, 6.07) is 8.15. The van der Waals surface area contributed by atoms with Gasteiger partial charge in [-0.25, -0.2) is 0 Å². The monoisotopic (exact) mass is 341 g/mol. The van der Waals surface area contributed by atoms with Gasteiger partial charge < -0.3 is 24.3 Å². The number of hydrogen-bond donors (Lipinski definition) is 2. The molecule has 6 nitrogen and oxygen atoms in total. The van der Waals surface area contributed by atoms with Crippen molar-refractivity contribution in [3.05, 3.63) is 52.4 Å². The van der Waals surface area contributed by atoms with Gasteiger partial charge in [-0.3, -0.25) is 4.79 Å². The predicted molar refractivity (Wildman–Crippen MR) is 95.2 cm³/mol. The molecule has 1 heterocycles. The SMILES string of the molecule is COc1ccc(-c2coc3c(CN(C)C)c(O)cc(O)c3c2=O)cc1. The highest BCUT2D eigenvalue weighted by atomic mass is 16.5. The first-order chi connectivity index (χ1) is 11.9. The molecule has 0 atom stereocenters. The lowest BCUT2D eigenvalue weighted by atomic mass is 10.0. The van der Waals surface area contributed by atoms with Crippen molar-refractivity contribution in [2.45, 2.75) is 6.54 Å². The summed E-state index contributed by atoms with van der Waals surface area (Å²) >= 11 is 0. The summed E-state index contributed by atoms with van der Waals surface area (Å²) in [5.74, 6) is 0.258. The van der Waals surface area contributed by atoms with Crippen molar-refractivity contribution in [3.8, 4) is 28.4 Å². The van der Waals surface area contributed by atoms with Crippen LogP contribution in [0.5, 0.6) is 17.2 Å². The van der Waals surface area contributed by atoms with Crippen LogP contribution in [0.1, 0.15) is 5.56 Å². The van der Waals surface area contributed by atoms with Gasteiger partial charge >= 0.3 is 0 Å². The van der Waals surface area contributed by atoms with E-state index in [9.17, 15) is 15.0 Å². The highest BCUT2D eigenvalue weighted by Crippen LogP contribution is 2.35. The molecule has 0 aliphatic carbocycles. The Bertz CT molecular complexity index is 974. The minimum atomic E-state index is -0.357. The van der Waals surface area contributed by atoms with Gasteiger partial charge in [0.25, 0.3) is 0 Å². The number of benzene rings is 2. The first kappa shape index (κ1) is 16.9. The Labute approximate surface area is 144 Å². The summed E-state index contributed by atoms with van der Waals surface area (Å²) in [5, 5.41) is 20.4. The first-order valence-corrected chi connectivity index (χ1v) is 7.71. The molecule has 0 aliphatic rings. The van der Waals surface area contributed by atoms with Crippen LogP contribution >= 0.6 is 0 Å². The van der Waals surface area contributed by atoms with E-state index >= 15 is 0 Å². The maximum atomic E-state index is 12.9. The van der Waals surface area contributed by atoms with Gasteiger partial charge in [-0.15, -0.1) is 0 Å². The molecule has 0 saturated heterocycles. The van der Waals surface area contributed by atoms with Gasteiger partial charge in [0.15, 0.2) is 0 Å². The lowest BCUT2D eigenvalue weighted by Gasteiger charge is -2.14. The summed E-state index contributed by atoms with van der Waals surface area (Å²) < 4.78 is 10.8. The molecule has 2 N–H and O–H groups in total. The molecule has 3 rings (SSSR count). The number of ether oxygens (including phenoxy) is 1. The topological polar surface area (TPSA) is 83.1 Å². The molecule has 6 heteroatoms. The zero-order valence-electron chi connectivity index (χ0n) is 14.2. The molecule has 3 aromatic rings. The van der Waals surface area contributed by atoms with Crippen molar-refractivity contribution in [2.24, 2.45) is 0 Å². The lowest BCUT2D eigenvalue weighted by Crippen LogP contribution is -2.13. The molecule has 130 valence electrons. The smallest absolute Gasteiger partial charge is 0.204 e. The summed E-state index contributed by atoms with van der Waals surface area (Å²) in [5.41, 5.74) is 1.26. The molecule has 1 aromatic heterocycles. The molecule has 0 bridgehead atoms. The van der Waals surface area contributed by atoms with E-state index < -0.39 is 0 Å². The molecule has 0 unspecified atom stereocenters. The van der Waals surface area contributed by atoms with E-state index in [0.29, 0.717) is 29.0 Å². The van der Waals surface area contributed by atoms with Gasteiger partial charge in [0, 0.05) is 12.6 Å². The molecule has 0 spiro atoms. The van der Waals surface area contributed by atoms with Crippen molar-refractivity contribution in [3.63, 3.8) is 0 Å². The summed E-state index contributed by atoms with van der Waals surface area (Å²) in [6.07, 6.45) is 1.35. The highest BCUT2D eigenvalue weighted by molar-refractivity contribution is 5.90. The number of hydrogen-bond acceptors (Lipinski definition) is 6. The summed E-state index contributed by atoms with van der Waals surface area (Å²) in [7, 11) is 5.24.